The molecule has 0 aromatic heterocycles. The van der Waals surface area contributed by atoms with Crippen molar-refractivity contribution in [1.82, 2.24) is 4.37 Å². The SMILES string of the molecule is C1=C2Cc3c(cc4ccnsc3-4)N=C2c2ccccc2O1. The molecule has 100 valence electrons. The van der Waals surface area contributed by atoms with E-state index in [0.717, 1.165) is 34.7 Å². The van der Waals surface area contributed by atoms with Crippen LogP contribution in [0.2, 0.25) is 0 Å². The highest BCUT2D eigenvalue weighted by molar-refractivity contribution is 7.09. The van der Waals surface area contributed by atoms with Gasteiger partial charge >= 0.3 is 0 Å². The molecular formula is C17H10N2OS. The summed E-state index contributed by atoms with van der Waals surface area (Å²) in [5, 5.41) is 0. The van der Waals surface area contributed by atoms with Crippen LogP contribution in [0.4, 0.5) is 5.69 Å². The number of para-hydroxylation sites is 1. The molecule has 0 amide bonds. The van der Waals surface area contributed by atoms with Gasteiger partial charge in [0.25, 0.3) is 0 Å². The Balaban J connectivity index is 1.78. The monoisotopic (exact) mass is 290 g/mol. The van der Waals surface area contributed by atoms with Crippen LogP contribution in [0, 0.1) is 0 Å². The van der Waals surface area contributed by atoms with E-state index in [9.17, 15) is 0 Å². The van der Waals surface area contributed by atoms with Crippen LogP contribution in [0.5, 0.6) is 5.75 Å². The molecule has 0 saturated heterocycles. The first kappa shape index (κ1) is 11.2. The zero-order valence-electron chi connectivity index (χ0n) is 11.0. The van der Waals surface area contributed by atoms with Gasteiger partial charge in [0.05, 0.1) is 22.5 Å². The molecule has 0 radical (unpaired) electrons. The van der Waals surface area contributed by atoms with Crippen molar-refractivity contribution >= 4 is 22.9 Å². The van der Waals surface area contributed by atoms with Crippen LogP contribution in [0.1, 0.15) is 11.1 Å². The van der Waals surface area contributed by atoms with Crippen LogP contribution in [-0.2, 0) is 6.42 Å². The lowest BCUT2D eigenvalue weighted by atomic mass is 9.93. The van der Waals surface area contributed by atoms with Gasteiger partial charge in [-0.25, -0.2) is 9.37 Å². The summed E-state index contributed by atoms with van der Waals surface area (Å²) in [6.07, 6.45) is 4.54. The lowest BCUT2D eigenvalue weighted by Crippen LogP contribution is -2.17. The summed E-state index contributed by atoms with van der Waals surface area (Å²) in [5.74, 6) is 0.879. The predicted octanol–water partition coefficient (Wildman–Crippen LogP) is 4.20. The number of benzene rings is 1. The van der Waals surface area contributed by atoms with Gasteiger partial charge in [0, 0.05) is 29.3 Å². The maximum Gasteiger partial charge on any atom is 0.135 e. The first-order valence-electron chi connectivity index (χ1n) is 6.80. The highest BCUT2D eigenvalue weighted by atomic mass is 32.1. The third kappa shape index (κ3) is 1.53. The highest BCUT2D eigenvalue weighted by Gasteiger charge is 2.28. The number of nitrogens with zero attached hydrogens (tertiary/aromatic N) is 2. The molecule has 3 nitrogen and oxygen atoms in total. The Kier molecular flexibility index (Phi) is 2.15. The van der Waals surface area contributed by atoms with E-state index in [-0.39, 0.29) is 0 Å². The van der Waals surface area contributed by atoms with Crippen molar-refractivity contribution in [2.45, 2.75) is 6.42 Å². The van der Waals surface area contributed by atoms with Crippen molar-refractivity contribution in [2.75, 3.05) is 0 Å². The number of hydrogen-bond acceptors (Lipinski definition) is 4. The minimum absolute atomic E-state index is 0.855. The molecule has 0 unspecified atom stereocenters. The Morgan fingerprint density at radius 2 is 2.10 bits per heavy atom. The van der Waals surface area contributed by atoms with E-state index in [0.29, 0.717) is 0 Å². The summed E-state index contributed by atoms with van der Waals surface area (Å²) < 4.78 is 10.0. The zero-order valence-corrected chi connectivity index (χ0v) is 11.9. The molecule has 0 saturated carbocycles. The van der Waals surface area contributed by atoms with Gasteiger partial charge in [-0.15, -0.1) is 0 Å². The minimum atomic E-state index is 0.855. The minimum Gasteiger partial charge on any atom is -0.464 e. The van der Waals surface area contributed by atoms with Crippen LogP contribution in [0.3, 0.4) is 0 Å². The Hall–Kier alpha value is -2.46. The van der Waals surface area contributed by atoms with Crippen molar-refractivity contribution in [2.24, 2.45) is 4.99 Å². The molecule has 21 heavy (non-hydrogen) atoms. The molecule has 1 aliphatic carbocycles. The fourth-order valence-electron chi connectivity index (χ4n) is 2.98. The average Bonchev–Trinajstić information content (AvgIpc) is 2.90. The van der Waals surface area contributed by atoms with E-state index in [1.54, 1.807) is 0 Å². The molecule has 3 heterocycles. The van der Waals surface area contributed by atoms with Gasteiger partial charge in [-0.1, -0.05) is 12.1 Å². The largest absolute Gasteiger partial charge is 0.464 e. The third-order valence-electron chi connectivity index (χ3n) is 3.97. The molecular weight excluding hydrogens is 280 g/mol. The van der Waals surface area contributed by atoms with Gasteiger partial charge in [-0.3, -0.25) is 0 Å². The maximum atomic E-state index is 5.74. The summed E-state index contributed by atoms with van der Waals surface area (Å²) >= 11 is 1.54. The second kappa shape index (κ2) is 4.02. The van der Waals surface area contributed by atoms with E-state index < -0.39 is 0 Å². The Labute approximate surface area is 125 Å². The molecule has 0 atom stereocenters. The quantitative estimate of drug-likeness (QED) is 0.622. The molecule has 0 N–H and O–H groups in total. The Bertz CT molecular complexity index is 907. The number of hydrogen-bond donors (Lipinski definition) is 0. The van der Waals surface area contributed by atoms with E-state index in [1.807, 2.05) is 36.7 Å². The molecule has 0 spiro atoms. The van der Waals surface area contributed by atoms with Gasteiger partial charge in [-0.2, -0.15) is 0 Å². The fourth-order valence-corrected chi connectivity index (χ4v) is 3.73. The van der Waals surface area contributed by atoms with Gasteiger partial charge in [0.15, 0.2) is 0 Å². The Morgan fingerprint density at radius 1 is 1.14 bits per heavy atom. The first-order valence-corrected chi connectivity index (χ1v) is 7.58. The Morgan fingerprint density at radius 3 is 3.10 bits per heavy atom. The van der Waals surface area contributed by atoms with Gasteiger partial charge < -0.3 is 4.74 Å². The van der Waals surface area contributed by atoms with Crippen LogP contribution < -0.4 is 4.74 Å². The van der Waals surface area contributed by atoms with Crippen LogP contribution in [-0.4, -0.2) is 10.1 Å². The van der Waals surface area contributed by atoms with Crippen LogP contribution in [0.25, 0.3) is 10.4 Å². The maximum absolute atomic E-state index is 5.74. The molecule has 1 aromatic rings. The number of allylic oxidation sites excluding steroid dienone is 1. The number of fused-ring (bicyclic) bond motifs is 6. The normalized spacial score (nSPS) is 15.4. The van der Waals surface area contributed by atoms with Crippen molar-refractivity contribution in [3.05, 3.63) is 65.6 Å². The topological polar surface area (TPSA) is 34.5 Å². The summed E-state index contributed by atoms with van der Waals surface area (Å²) in [5.41, 5.74) is 6.81. The van der Waals surface area contributed by atoms with Crippen molar-refractivity contribution in [3.63, 3.8) is 0 Å². The first-order chi connectivity index (χ1) is 10.4. The van der Waals surface area contributed by atoms with Crippen LogP contribution >= 0.6 is 11.5 Å². The van der Waals surface area contributed by atoms with E-state index in [4.69, 9.17) is 9.73 Å². The smallest absolute Gasteiger partial charge is 0.135 e. The molecule has 0 fully saturated rings. The molecule has 0 bridgehead atoms. The van der Waals surface area contributed by atoms with E-state index in [2.05, 4.69) is 16.5 Å². The van der Waals surface area contributed by atoms with Crippen molar-refractivity contribution in [1.29, 1.82) is 0 Å². The van der Waals surface area contributed by atoms with Crippen molar-refractivity contribution < 1.29 is 4.74 Å². The third-order valence-corrected chi connectivity index (χ3v) is 4.86. The van der Waals surface area contributed by atoms with Gasteiger partial charge in [0.1, 0.15) is 5.75 Å². The number of aliphatic imine (C=N–C) groups is 1. The summed E-state index contributed by atoms with van der Waals surface area (Å²) in [4.78, 5) is 6.12. The highest BCUT2D eigenvalue weighted by Crippen LogP contribution is 2.44. The summed E-state index contributed by atoms with van der Waals surface area (Å²) in [6, 6.07) is 12.3. The van der Waals surface area contributed by atoms with Crippen molar-refractivity contribution in [3.8, 4) is 16.2 Å². The number of aromatic nitrogens is 1. The fraction of sp³-hybridized carbons (Fsp3) is 0.0588. The molecule has 1 aromatic carbocycles. The molecule has 4 aliphatic rings. The summed E-state index contributed by atoms with van der Waals surface area (Å²) in [6.45, 7) is 0. The lowest BCUT2D eigenvalue weighted by Gasteiger charge is -2.22. The molecule has 3 aliphatic heterocycles. The molecule has 4 heteroatoms. The average molecular weight is 290 g/mol. The van der Waals surface area contributed by atoms with E-state index in [1.165, 1.54) is 27.5 Å². The van der Waals surface area contributed by atoms with Crippen LogP contribution in [0.15, 0.2) is 59.4 Å². The second-order valence-electron chi connectivity index (χ2n) is 5.20. The summed E-state index contributed by atoms with van der Waals surface area (Å²) in [7, 11) is 0. The second-order valence-corrected chi connectivity index (χ2v) is 6.00. The lowest BCUT2D eigenvalue weighted by molar-refractivity contribution is 0.471. The van der Waals surface area contributed by atoms with Gasteiger partial charge in [0.2, 0.25) is 0 Å². The molecule has 5 rings (SSSR count). The standard InChI is InChI=1S/C17H10N2OS/c1-2-4-15-12(3-1)16-11(9-20-15)7-13-14(19-16)8-10-5-6-18-21-17(10)13/h1-6,8-9H,7H2. The predicted molar refractivity (Wildman–Crippen MR) is 83.8 cm³/mol. The van der Waals surface area contributed by atoms with E-state index >= 15 is 0 Å². The number of rotatable bonds is 0. The zero-order chi connectivity index (χ0) is 13.8. The number of ether oxygens (including phenoxy) is 1. The van der Waals surface area contributed by atoms with Gasteiger partial charge in [-0.05, 0) is 41.4 Å².